The minimum absolute atomic E-state index is 0.000928. The summed E-state index contributed by atoms with van der Waals surface area (Å²) in [6, 6.07) is 1.04. The second-order valence-corrected chi connectivity index (χ2v) is 93.6. The first-order chi connectivity index (χ1) is 56.7. The topological polar surface area (TPSA) is 222 Å². The van der Waals surface area contributed by atoms with Crippen molar-refractivity contribution in [1.82, 2.24) is 0 Å². The van der Waals surface area contributed by atoms with Crippen LogP contribution in [0.5, 0.6) is 0 Å². The first-order valence-corrected chi connectivity index (χ1v) is 78.6. The standard InChI is InChI=1S/C76H138O24Si16/c1(31-61-101-77-103(63-33-3-4-34-63)83-109(69-45-15-16-46-69)85-104(78-101,64-35-5-6-36-64)87-111(71-49-19-20-50-71)88-105(79-101,65-37-7-8-38-65)86-110(84-103,70-47-17-18-48-70)96-115(95-109,97-111)75-57-27-28-58-75)2-32-62-102-80-106(66-39-9-10-40-66)89-112(72-51-21-22-52-72)91-107(81-102,67-41-11-12-42-67)93-114(74-55-25-26-56-74)94-108(82-102,68-43-13-14-44-68)92-113(90-106,73-53-23-24-54-73)99-116(98-112,100-114)76-59-29-30-60-76/h63-76H,1-62H2. The molecule has 40 heteroatoms. The fraction of sp³-hybridized carbons (Fsp3) is 1.00. The van der Waals surface area contributed by atoms with Crippen LogP contribution in [0.1, 0.15) is 385 Å². The highest BCUT2D eigenvalue weighted by atomic mass is 28.6. The predicted molar refractivity (Wildman–Crippen MR) is 457 cm³/mol. The van der Waals surface area contributed by atoms with Gasteiger partial charge in [0.05, 0.1) is 0 Å². The quantitative estimate of drug-likeness (QED) is 0.0770. The maximum absolute atomic E-state index is 8.91. The Labute approximate surface area is 709 Å². The first-order valence-electron chi connectivity index (χ1n) is 49.5. The van der Waals surface area contributed by atoms with Gasteiger partial charge >= 0.3 is 141 Å². The maximum Gasteiger partial charge on any atom is 0.482 e. The van der Waals surface area contributed by atoms with Crippen LogP contribution < -0.4 is 0 Å². The van der Waals surface area contributed by atoms with E-state index in [1.54, 1.807) is 0 Å². The third kappa shape index (κ3) is 13.5. The molecule has 12 heterocycles. The van der Waals surface area contributed by atoms with Gasteiger partial charge in [-0.1, -0.05) is 193 Å². The third-order valence-corrected chi connectivity index (χ3v) is 114. The van der Waals surface area contributed by atoms with E-state index in [4.69, 9.17) is 98.8 Å². The molecule has 0 radical (unpaired) electrons. The van der Waals surface area contributed by atoms with E-state index in [1.807, 2.05) is 0 Å². The molecule has 26 fully saturated rings. The van der Waals surface area contributed by atoms with Crippen LogP contribution in [-0.4, -0.2) is 141 Å². The molecule has 14 aliphatic carbocycles. The molecule has 0 amide bonds. The largest absolute Gasteiger partial charge is 0.482 e. The number of hydrogen-bond acceptors (Lipinski definition) is 24. The summed E-state index contributed by atoms with van der Waals surface area (Å²) in [5.74, 6) is 0. The first kappa shape index (κ1) is 81.7. The lowest BCUT2D eigenvalue weighted by molar-refractivity contribution is -0.0504. The minimum atomic E-state index is -4.27. The zero-order chi connectivity index (χ0) is 76.9. The summed E-state index contributed by atoms with van der Waals surface area (Å²) in [5.41, 5.74) is -0.160. The fourth-order valence-corrected chi connectivity index (χ4v) is 141. The molecule has 26 rings (SSSR count). The molecule has 14 saturated carbocycles. The van der Waals surface area contributed by atoms with Gasteiger partial charge in [-0.15, -0.1) is 0 Å². The van der Waals surface area contributed by atoms with Gasteiger partial charge in [-0.25, -0.2) is 0 Å². The van der Waals surface area contributed by atoms with Crippen LogP contribution in [0, 0.1) is 0 Å². The number of hydrogen-bond donors (Lipinski definition) is 0. The Morgan fingerprint density at radius 3 is 0.293 bits per heavy atom. The van der Waals surface area contributed by atoms with Crippen LogP contribution in [0.25, 0.3) is 0 Å². The van der Waals surface area contributed by atoms with E-state index in [0.29, 0.717) is 12.1 Å². The van der Waals surface area contributed by atoms with E-state index in [9.17, 15) is 0 Å². The average molecular weight is 1890 g/mol. The Morgan fingerprint density at radius 2 is 0.198 bits per heavy atom. The van der Waals surface area contributed by atoms with Gasteiger partial charge in [-0.3, -0.25) is 0 Å². The molecular formula is C76H138O24Si16. The lowest BCUT2D eigenvalue weighted by Gasteiger charge is -2.67. The van der Waals surface area contributed by atoms with E-state index in [1.165, 1.54) is 0 Å². The van der Waals surface area contributed by atoms with Crippen molar-refractivity contribution in [3.05, 3.63) is 0 Å². The lowest BCUT2D eigenvalue weighted by atomic mass is 10.2. The van der Waals surface area contributed by atoms with Gasteiger partial charge in [0.1, 0.15) is 0 Å². The van der Waals surface area contributed by atoms with Crippen LogP contribution in [0.4, 0.5) is 0 Å². The highest BCUT2D eigenvalue weighted by Crippen LogP contribution is 2.71. The van der Waals surface area contributed by atoms with Crippen LogP contribution in [-0.2, 0) is 98.8 Å². The highest BCUT2D eigenvalue weighted by Gasteiger charge is 2.92. The summed E-state index contributed by atoms with van der Waals surface area (Å²) in [6.45, 7) is 0. The third-order valence-electron chi connectivity index (χ3n) is 34.6. The Kier molecular flexibility index (Phi) is 21.9. The van der Waals surface area contributed by atoms with Crippen molar-refractivity contribution in [2.75, 3.05) is 0 Å². The second-order valence-electron chi connectivity index (χ2n) is 41.9. The van der Waals surface area contributed by atoms with E-state index < -0.39 is 141 Å². The Bertz CT molecular complexity index is 2950. The Hall–Kier alpha value is 2.51. The summed E-state index contributed by atoms with van der Waals surface area (Å²) in [6.07, 6.45) is 59.8. The molecule has 0 spiro atoms. The van der Waals surface area contributed by atoms with Crippen LogP contribution in [0.2, 0.25) is 89.7 Å². The molecule has 12 saturated heterocycles. The van der Waals surface area contributed by atoms with Crippen LogP contribution >= 0.6 is 0 Å². The molecule has 16 bridgehead atoms. The van der Waals surface area contributed by atoms with E-state index in [0.717, 1.165) is 385 Å². The second kappa shape index (κ2) is 31.1. The number of unbranched alkanes of at least 4 members (excludes halogenated alkanes) is 3. The molecule has 0 aromatic rings. The predicted octanol–water partition coefficient (Wildman–Crippen LogP) is 21.3. The molecule has 26 aliphatic rings. The molecule has 0 N–H and O–H groups in total. The monoisotopic (exact) mass is 1880 g/mol. The van der Waals surface area contributed by atoms with Gasteiger partial charge in [0.2, 0.25) is 0 Å². The maximum atomic E-state index is 8.91. The molecule has 0 aromatic heterocycles. The molecule has 650 valence electrons. The van der Waals surface area contributed by atoms with E-state index in [-0.39, 0.29) is 77.6 Å². The normalized spacial score (nSPS) is 50.2. The molecule has 0 aromatic carbocycles. The van der Waals surface area contributed by atoms with E-state index >= 15 is 0 Å². The van der Waals surface area contributed by atoms with Gasteiger partial charge in [0, 0.05) is 89.7 Å². The van der Waals surface area contributed by atoms with Crippen molar-refractivity contribution in [3.8, 4) is 0 Å². The van der Waals surface area contributed by atoms with Gasteiger partial charge < -0.3 is 98.8 Å². The summed E-state index contributed by atoms with van der Waals surface area (Å²) >= 11 is 0. The van der Waals surface area contributed by atoms with E-state index in [2.05, 4.69) is 0 Å². The zero-order valence-electron chi connectivity index (χ0n) is 69.7. The van der Waals surface area contributed by atoms with Crippen LogP contribution in [0.15, 0.2) is 0 Å². The van der Waals surface area contributed by atoms with Crippen molar-refractivity contribution >= 4 is 141 Å². The molecule has 0 unspecified atom stereocenters. The van der Waals surface area contributed by atoms with Gasteiger partial charge in [-0.05, 0) is 193 Å². The van der Waals surface area contributed by atoms with Gasteiger partial charge in [0.25, 0.3) is 0 Å². The van der Waals surface area contributed by atoms with Gasteiger partial charge in [-0.2, -0.15) is 0 Å². The summed E-state index contributed by atoms with van der Waals surface area (Å²) in [4.78, 5) is 0. The van der Waals surface area contributed by atoms with Crippen molar-refractivity contribution in [1.29, 1.82) is 0 Å². The van der Waals surface area contributed by atoms with Crippen molar-refractivity contribution < 1.29 is 98.8 Å². The summed E-state index contributed by atoms with van der Waals surface area (Å²) in [5, 5.41) is 0. The molecule has 12 aliphatic heterocycles. The SMILES string of the molecule is C(CCC[Si]12O[Si]3(C4CCCC4)O[Si]4(C5CCCC5)O[Si](C5CCCC5)(O1)O[Si]1(C5CCCC5)O[Si](C5CCCC5)(O2)O[Si](C2CCCC2)(O3)O[Si](C2CCCC2)(O4)O1)CC[Si]12O[Si]3(C4CCCC4)O[Si]4(C5CCCC5)O[Si](C5CCCC5)(O1)O[Si]1(C5CCCC5)O[Si](C5CCCC5)(O2)O[Si](C2CCCC2)(O3)O[Si](C2CCCC2)(O4)O1. The Balaban J connectivity index is 0.646. The number of rotatable bonds is 21. The van der Waals surface area contributed by atoms with Crippen molar-refractivity contribution in [2.24, 2.45) is 0 Å². The smallest absolute Gasteiger partial charge is 0.373 e. The zero-order valence-corrected chi connectivity index (χ0v) is 85.7. The molecular weight excluding hydrogens is 1750 g/mol. The van der Waals surface area contributed by atoms with Crippen LogP contribution in [0.3, 0.4) is 0 Å². The Morgan fingerprint density at radius 1 is 0.112 bits per heavy atom. The van der Waals surface area contributed by atoms with Crippen molar-refractivity contribution in [2.45, 2.75) is 475 Å². The lowest BCUT2D eigenvalue weighted by Crippen LogP contribution is -2.90. The molecule has 24 nitrogen and oxygen atoms in total. The fourth-order valence-electron chi connectivity index (χ4n) is 28.6. The average Bonchev–Trinajstić information content (AvgIpc) is 1.20. The summed E-state index contributed by atoms with van der Waals surface area (Å²) in [7, 11) is -66.3. The minimum Gasteiger partial charge on any atom is -0.373 e. The van der Waals surface area contributed by atoms with Crippen molar-refractivity contribution in [3.63, 3.8) is 0 Å². The molecule has 0 atom stereocenters. The van der Waals surface area contributed by atoms with Gasteiger partial charge in [0.15, 0.2) is 0 Å². The highest BCUT2D eigenvalue weighted by molar-refractivity contribution is 7.07. The molecule has 116 heavy (non-hydrogen) atoms. The summed E-state index contributed by atoms with van der Waals surface area (Å²) < 4.78 is 212.